The number of fused-ring (bicyclic) bond motifs is 1. The number of hydrogen-bond donors (Lipinski definition) is 1. The van der Waals surface area contributed by atoms with E-state index in [0.29, 0.717) is 0 Å². The van der Waals surface area contributed by atoms with Crippen molar-refractivity contribution in [3.63, 3.8) is 0 Å². The van der Waals surface area contributed by atoms with Gasteiger partial charge in [0.1, 0.15) is 11.6 Å². The summed E-state index contributed by atoms with van der Waals surface area (Å²) in [5.74, 6) is 2.97. The number of rotatable bonds is 4. The second-order valence-corrected chi connectivity index (χ2v) is 8.39. The predicted molar refractivity (Wildman–Crippen MR) is 125 cm³/mol. The van der Waals surface area contributed by atoms with Gasteiger partial charge in [-0.05, 0) is 29.8 Å². The van der Waals surface area contributed by atoms with Crippen molar-refractivity contribution in [2.45, 2.75) is 5.25 Å². The molecule has 4 aromatic rings. The summed E-state index contributed by atoms with van der Waals surface area (Å²) < 4.78 is 7.43. The van der Waals surface area contributed by atoms with Crippen molar-refractivity contribution in [2.75, 3.05) is 24.7 Å². The van der Waals surface area contributed by atoms with Gasteiger partial charge in [-0.25, -0.2) is 4.68 Å². The molecule has 0 spiro atoms. The second kappa shape index (κ2) is 8.28. The van der Waals surface area contributed by atoms with E-state index in [1.165, 1.54) is 11.1 Å². The summed E-state index contributed by atoms with van der Waals surface area (Å²) in [5.41, 5.74) is 5.71. The van der Waals surface area contributed by atoms with E-state index in [1.54, 1.807) is 7.11 Å². The summed E-state index contributed by atoms with van der Waals surface area (Å²) in [7, 11) is 1.70. The molecule has 1 unspecified atom stereocenters. The van der Waals surface area contributed by atoms with Gasteiger partial charge < -0.3 is 10.1 Å². The highest BCUT2D eigenvalue weighted by molar-refractivity contribution is 7.99. The van der Waals surface area contributed by atoms with Crippen molar-refractivity contribution >= 4 is 17.6 Å². The molecule has 0 fully saturated rings. The van der Waals surface area contributed by atoms with Crippen LogP contribution < -0.4 is 10.1 Å². The number of hydrogen-bond acceptors (Lipinski definition) is 4. The van der Waals surface area contributed by atoms with Crippen LogP contribution in [0, 0.1) is 0 Å². The van der Waals surface area contributed by atoms with Gasteiger partial charge in [0.15, 0.2) is 0 Å². The molecule has 1 aromatic heterocycles. The molecule has 4 nitrogen and oxygen atoms in total. The zero-order valence-electron chi connectivity index (χ0n) is 16.8. The molecule has 2 heterocycles. The lowest BCUT2D eigenvalue weighted by Crippen LogP contribution is -2.08. The van der Waals surface area contributed by atoms with Gasteiger partial charge in [-0.15, -0.1) is 11.8 Å². The number of ether oxygens (including phenoxy) is 1. The topological polar surface area (TPSA) is 39.1 Å². The Balaban J connectivity index is 1.73. The smallest absolute Gasteiger partial charge is 0.135 e. The van der Waals surface area contributed by atoms with Gasteiger partial charge in [0.2, 0.25) is 0 Å². The Labute approximate surface area is 180 Å². The molecule has 5 rings (SSSR count). The van der Waals surface area contributed by atoms with Gasteiger partial charge in [0, 0.05) is 23.4 Å². The highest BCUT2D eigenvalue weighted by atomic mass is 32.2. The van der Waals surface area contributed by atoms with E-state index in [2.05, 4.69) is 70.7 Å². The van der Waals surface area contributed by atoms with Gasteiger partial charge in [0.25, 0.3) is 0 Å². The first kappa shape index (κ1) is 18.8. The number of thioether (sulfide) groups is 1. The Morgan fingerprint density at radius 1 is 0.933 bits per heavy atom. The fraction of sp³-hybridized carbons (Fsp3) is 0.160. The van der Waals surface area contributed by atoms with Crippen molar-refractivity contribution in [3.05, 3.63) is 96.1 Å². The van der Waals surface area contributed by atoms with E-state index in [1.807, 2.05) is 36.0 Å². The van der Waals surface area contributed by atoms with E-state index in [9.17, 15) is 0 Å². The molecule has 0 amide bonds. The van der Waals surface area contributed by atoms with Crippen LogP contribution in [0.1, 0.15) is 16.4 Å². The molecule has 0 saturated carbocycles. The van der Waals surface area contributed by atoms with E-state index >= 15 is 0 Å². The zero-order chi connectivity index (χ0) is 20.3. The average Bonchev–Trinajstić information content (AvgIpc) is 3.06. The molecule has 0 aliphatic carbocycles. The Hall–Kier alpha value is -3.18. The third-order valence-corrected chi connectivity index (χ3v) is 6.61. The summed E-state index contributed by atoms with van der Waals surface area (Å²) >= 11 is 1.95. The molecule has 30 heavy (non-hydrogen) atoms. The molecular weight excluding hydrogens is 390 g/mol. The maximum atomic E-state index is 5.37. The number of aromatic nitrogens is 2. The quantitative estimate of drug-likeness (QED) is 0.459. The van der Waals surface area contributed by atoms with Crippen LogP contribution in [0.4, 0.5) is 5.82 Å². The summed E-state index contributed by atoms with van der Waals surface area (Å²) in [6.45, 7) is 0.900. The Morgan fingerprint density at radius 3 is 2.33 bits per heavy atom. The Morgan fingerprint density at radius 2 is 1.63 bits per heavy atom. The van der Waals surface area contributed by atoms with Crippen LogP contribution in [0.15, 0.2) is 84.9 Å². The van der Waals surface area contributed by atoms with E-state index in [0.717, 1.165) is 40.8 Å². The molecule has 0 saturated heterocycles. The standard InChI is InChI=1S/C25H23N3OS/c1-29-21-14-12-19(13-15-21)24-22-23(18-8-4-2-5-9-18)27-28(20-10-6-3-7-11-20)25(22)26-16-17-30-24/h2-15,24,26H,16-17H2,1H3. The summed E-state index contributed by atoms with van der Waals surface area (Å²) in [5, 5.41) is 8.95. The molecule has 1 atom stereocenters. The summed E-state index contributed by atoms with van der Waals surface area (Å²) in [6, 6.07) is 29.2. The van der Waals surface area contributed by atoms with E-state index in [-0.39, 0.29) is 5.25 Å². The van der Waals surface area contributed by atoms with Crippen molar-refractivity contribution in [1.29, 1.82) is 0 Å². The minimum absolute atomic E-state index is 0.188. The van der Waals surface area contributed by atoms with Crippen LogP contribution in [0.2, 0.25) is 0 Å². The molecular formula is C25H23N3OS. The monoisotopic (exact) mass is 413 g/mol. The number of nitrogens with one attached hydrogen (secondary N) is 1. The van der Waals surface area contributed by atoms with Crippen molar-refractivity contribution in [3.8, 4) is 22.7 Å². The van der Waals surface area contributed by atoms with Crippen LogP contribution in [-0.2, 0) is 0 Å². The first-order valence-electron chi connectivity index (χ1n) is 10.1. The molecule has 5 heteroatoms. The summed E-state index contributed by atoms with van der Waals surface area (Å²) in [4.78, 5) is 0. The highest BCUT2D eigenvalue weighted by Crippen LogP contribution is 2.46. The number of nitrogens with zero attached hydrogens (tertiary/aromatic N) is 2. The van der Waals surface area contributed by atoms with Crippen LogP contribution >= 0.6 is 11.8 Å². The maximum absolute atomic E-state index is 5.37. The molecule has 0 bridgehead atoms. The van der Waals surface area contributed by atoms with Crippen LogP contribution in [-0.4, -0.2) is 29.2 Å². The number of para-hydroxylation sites is 1. The van der Waals surface area contributed by atoms with Crippen LogP contribution in [0.5, 0.6) is 5.75 Å². The lowest BCUT2D eigenvalue weighted by Gasteiger charge is -2.17. The van der Waals surface area contributed by atoms with Gasteiger partial charge >= 0.3 is 0 Å². The van der Waals surface area contributed by atoms with Crippen molar-refractivity contribution < 1.29 is 4.74 Å². The maximum Gasteiger partial charge on any atom is 0.135 e. The highest BCUT2D eigenvalue weighted by Gasteiger charge is 2.30. The third kappa shape index (κ3) is 3.46. The zero-order valence-corrected chi connectivity index (χ0v) is 17.6. The van der Waals surface area contributed by atoms with Gasteiger partial charge in [-0.3, -0.25) is 0 Å². The number of benzene rings is 3. The van der Waals surface area contributed by atoms with Crippen molar-refractivity contribution in [2.24, 2.45) is 0 Å². The van der Waals surface area contributed by atoms with Gasteiger partial charge in [-0.2, -0.15) is 5.10 Å². The Bertz CT molecular complexity index is 1120. The minimum atomic E-state index is 0.188. The third-order valence-electron chi connectivity index (χ3n) is 5.33. The Kier molecular flexibility index (Phi) is 5.20. The minimum Gasteiger partial charge on any atom is -0.497 e. The first-order valence-corrected chi connectivity index (χ1v) is 11.1. The van der Waals surface area contributed by atoms with Crippen LogP contribution in [0.3, 0.4) is 0 Å². The van der Waals surface area contributed by atoms with Gasteiger partial charge in [0.05, 0.1) is 23.7 Å². The lowest BCUT2D eigenvalue weighted by molar-refractivity contribution is 0.414. The lowest BCUT2D eigenvalue weighted by atomic mass is 10.00. The SMILES string of the molecule is COc1ccc(C2SCCNc3c2c(-c2ccccc2)nn3-c2ccccc2)cc1. The fourth-order valence-corrected chi connectivity index (χ4v) is 5.08. The molecule has 0 radical (unpaired) electrons. The fourth-order valence-electron chi connectivity index (χ4n) is 3.88. The molecule has 150 valence electrons. The summed E-state index contributed by atoms with van der Waals surface area (Å²) in [6.07, 6.45) is 0. The average molecular weight is 414 g/mol. The largest absolute Gasteiger partial charge is 0.497 e. The molecule has 1 N–H and O–H groups in total. The molecule has 3 aromatic carbocycles. The predicted octanol–water partition coefficient (Wildman–Crippen LogP) is 5.80. The van der Waals surface area contributed by atoms with Gasteiger partial charge in [-0.1, -0.05) is 60.7 Å². The van der Waals surface area contributed by atoms with E-state index in [4.69, 9.17) is 9.84 Å². The molecule has 1 aliphatic rings. The van der Waals surface area contributed by atoms with Crippen molar-refractivity contribution in [1.82, 2.24) is 9.78 Å². The van der Waals surface area contributed by atoms with E-state index < -0.39 is 0 Å². The normalized spacial score (nSPS) is 15.7. The second-order valence-electron chi connectivity index (χ2n) is 7.18. The molecule has 1 aliphatic heterocycles. The number of anilines is 1. The number of methoxy groups -OCH3 is 1. The van der Waals surface area contributed by atoms with Crippen LogP contribution in [0.25, 0.3) is 16.9 Å². The first-order chi connectivity index (χ1) is 14.8.